The van der Waals surface area contributed by atoms with Crippen LogP contribution in [0.1, 0.15) is 38.2 Å². The predicted molar refractivity (Wildman–Crippen MR) is 123 cm³/mol. The quantitative estimate of drug-likeness (QED) is 0.597. The molecule has 1 aliphatic heterocycles. The van der Waals surface area contributed by atoms with E-state index in [2.05, 4.69) is 59.1 Å². The van der Waals surface area contributed by atoms with Gasteiger partial charge in [-0.3, -0.25) is 4.90 Å². The highest BCUT2D eigenvalue weighted by Crippen LogP contribution is 2.31. The lowest BCUT2D eigenvalue weighted by atomic mass is 10.0. The monoisotopic (exact) mass is 440 g/mol. The summed E-state index contributed by atoms with van der Waals surface area (Å²) in [5, 5.41) is 14.3. The maximum Gasteiger partial charge on any atom is 0.196 e. The highest BCUT2D eigenvalue weighted by molar-refractivity contribution is 6.30. The van der Waals surface area contributed by atoms with Gasteiger partial charge in [0.15, 0.2) is 5.82 Å². The van der Waals surface area contributed by atoms with Gasteiger partial charge in [0.05, 0.1) is 18.7 Å². The molecule has 164 valence electrons. The van der Waals surface area contributed by atoms with Crippen LogP contribution >= 0.6 is 11.6 Å². The number of rotatable bonds is 5. The third kappa shape index (κ3) is 4.83. The van der Waals surface area contributed by atoms with Gasteiger partial charge in [-0.15, -0.1) is 10.2 Å². The van der Waals surface area contributed by atoms with E-state index in [1.54, 1.807) is 11.9 Å². The standard InChI is InChI=1S/C23H29ClN6O/c1-23(2,3)30-26-22(25-27-30)21(17-7-5-10-20(15-17)31-4)29-13-11-28(12-14-29)19-9-6-8-18(24)16-19/h5-10,15-16,21H,11-14H2,1-4H3. The Bertz CT molecular complexity index is 1020. The molecule has 1 unspecified atom stereocenters. The lowest BCUT2D eigenvalue weighted by Gasteiger charge is -2.39. The third-order valence-corrected chi connectivity index (χ3v) is 5.77. The number of nitrogens with zero attached hydrogens (tertiary/aromatic N) is 6. The van der Waals surface area contributed by atoms with Gasteiger partial charge < -0.3 is 9.64 Å². The first kappa shape index (κ1) is 21.6. The van der Waals surface area contributed by atoms with Crippen LogP contribution in [0.25, 0.3) is 0 Å². The van der Waals surface area contributed by atoms with E-state index in [0.29, 0.717) is 5.82 Å². The molecule has 8 heteroatoms. The summed E-state index contributed by atoms with van der Waals surface area (Å²) in [6, 6.07) is 16.1. The zero-order valence-corrected chi connectivity index (χ0v) is 19.3. The maximum atomic E-state index is 6.20. The Hall–Kier alpha value is -2.64. The average Bonchev–Trinajstić information content (AvgIpc) is 3.25. The van der Waals surface area contributed by atoms with E-state index in [0.717, 1.165) is 48.2 Å². The number of methoxy groups -OCH3 is 1. The molecule has 4 rings (SSSR count). The minimum Gasteiger partial charge on any atom is -0.497 e. The number of anilines is 1. The van der Waals surface area contributed by atoms with Gasteiger partial charge in [0.1, 0.15) is 5.75 Å². The van der Waals surface area contributed by atoms with Crippen molar-refractivity contribution in [1.29, 1.82) is 0 Å². The fraction of sp³-hybridized carbons (Fsp3) is 0.435. The first-order valence-electron chi connectivity index (χ1n) is 10.5. The summed E-state index contributed by atoms with van der Waals surface area (Å²) in [4.78, 5) is 6.47. The van der Waals surface area contributed by atoms with E-state index < -0.39 is 0 Å². The molecule has 1 atom stereocenters. The topological polar surface area (TPSA) is 59.3 Å². The number of ether oxygens (including phenoxy) is 1. The van der Waals surface area contributed by atoms with Gasteiger partial charge >= 0.3 is 0 Å². The molecule has 1 aromatic heterocycles. The van der Waals surface area contributed by atoms with Gasteiger partial charge in [-0.05, 0) is 61.9 Å². The molecule has 0 saturated carbocycles. The molecule has 2 aromatic carbocycles. The predicted octanol–water partition coefficient (Wildman–Crippen LogP) is 4.00. The molecule has 0 amide bonds. The highest BCUT2D eigenvalue weighted by atomic mass is 35.5. The minimum atomic E-state index is -0.227. The number of benzene rings is 2. The van der Waals surface area contributed by atoms with Crippen molar-refractivity contribution in [2.24, 2.45) is 0 Å². The molecule has 0 spiro atoms. The molecule has 1 fully saturated rings. The first-order valence-corrected chi connectivity index (χ1v) is 10.9. The van der Waals surface area contributed by atoms with Crippen molar-refractivity contribution in [1.82, 2.24) is 25.1 Å². The van der Waals surface area contributed by atoms with E-state index in [4.69, 9.17) is 21.4 Å². The van der Waals surface area contributed by atoms with Crippen LogP contribution in [0, 0.1) is 0 Å². The fourth-order valence-electron chi connectivity index (χ4n) is 3.86. The van der Waals surface area contributed by atoms with E-state index >= 15 is 0 Å². The molecular weight excluding hydrogens is 412 g/mol. The van der Waals surface area contributed by atoms with Gasteiger partial charge in [-0.25, -0.2) is 0 Å². The summed E-state index contributed by atoms with van der Waals surface area (Å²) < 4.78 is 5.47. The summed E-state index contributed by atoms with van der Waals surface area (Å²) in [6.45, 7) is 9.76. The van der Waals surface area contributed by atoms with Crippen molar-refractivity contribution in [2.45, 2.75) is 32.4 Å². The van der Waals surface area contributed by atoms with Crippen LogP contribution in [0.5, 0.6) is 5.75 Å². The van der Waals surface area contributed by atoms with Crippen molar-refractivity contribution in [3.63, 3.8) is 0 Å². The van der Waals surface area contributed by atoms with Crippen molar-refractivity contribution >= 4 is 17.3 Å². The van der Waals surface area contributed by atoms with Gasteiger partial charge in [0.2, 0.25) is 0 Å². The SMILES string of the molecule is COc1cccc(C(c2nnn(C(C)(C)C)n2)N2CCN(c3cccc(Cl)c3)CC2)c1. The Labute approximate surface area is 188 Å². The van der Waals surface area contributed by atoms with Crippen molar-refractivity contribution in [3.8, 4) is 5.75 Å². The second-order valence-corrected chi connectivity index (χ2v) is 9.23. The van der Waals surface area contributed by atoms with Crippen LogP contribution in [0.4, 0.5) is 5.69 Å². The molecule has 0 radical (unpaired) electrons. The second kappa shape index (κ2) is 8.85. The molecule has 7 nitrogen and oxygen atoms in total. The summed E-state index contributed by atoms with van der Waals surface area (Å²) in [7, 11) is 1.69. The Morgan fingerprint density at radius 3 is 2.39 bits per heavy atom. The molecule has 2 heterocycles. The molecular formula is C23H29ClN6O. The lowest BCUT2D eigenvalue weighted by Crippen LogP contribution is -2.48. The fourth-order valence-corrected chi connectivity index (χ4v) is 4.05. The van der Waals surface area contributed by atoms with Crippen molar-refractivity contribution in [2.75, 3.05) is 38.2 Å². The van der Waals surface area contributed by atoms with Crippen LogP contribution in [-0.4, -0.2) is 58.4 Å². The summed E-state index contributed by atoms with van der Waals surface area (Å²) in [5.41, 5.74) is 2.03. The van der Waals surface area contributed by atoms with Crippen LogP contribution < -0.4 is 9.64 Å². The molecule has 3 aromatic rings. The minimum absolute atomic E-state index is 0.0901. The van der Waals surface area contributed by atoms with E-state index in [9.17, 15) is 0 Å². The summed E-state index contributed by atoms with van der Waals surface area (Å²) in [5.74, 6) is 1.53. The van der Waals surface area contributed by atoms with E-state index in [1.165, 1.54) is 0 Å². The smallest absolute Gasteiger partial charge is 0.196 e. The Kier molecular flexibility index (Phi) is 6.16. The number of hydrogen-bond donors (Lipinski definition) is 0. The van der Waals surface area contributed by atoms with Crippen molar-refractivity contribution < 1.29 is 4.74 Å². The average molecular weight is 441 g/mol. The second-order valence-electron chi connectivity index (χ2n) is 8.79. The van der Waals surface area contributed by atoms with Crippen LogP contribution in [-0.2, 0) is 5.54 Å². The zero-order valence-electron chi connectivity index (χ0n) is 18.5. The van der Waals surface area contributed by atoms with Crippen molar-refractivity contribution in [3.05, 3.63) is 64.9 Å². The molecule has 0 bridgehead atoms. The van der Waals surface area contributed by atoms with Crippen LogP contribution in [0.2, 0.25) is 5.02 Å². The largest absolute Gasteiger partial charge is 0.497 e. The van der Waals surface area contributed by atoms with E-state index in [1.807, 2.05) is 30.3 Å². The molecule has 0 aliphatic carbocycles. The van der Waals surface area contributed by atoms with Gasteiger partial charge in [0, 0.05) is 36.9 Å². The Morgan fingerprint density at radius 2 is 1.74 bits per heavy atom. The van der Waals surface area contributed by atoms with Crippen LogP contribution in [0.15, 0.2) is 48.5 Å². The van der Waals surface area contributed by atoms with Crippen LogP contribution in [0.3, 0.4) is 0 Å². The molecule has 0 N–H and O–H groups in total. The summed E-state index contributed by atoms with van der Waals surface area (Å²) >= 11 is 6.20. The number of piperazine rings is 1. The highest BCUT2D eigenvalue weighted by Gasteiger charge is 2.31. The Morgan fingerprint density at radius 1 is 1.00 bits per heavy atom. The number of hydrogen-bond acceptors (Lipinski definition) is 6. The lowest BCUT2D eigenvalue weighted by molar-refractivity contribution is 0.204. The number of halogens is 1. The van der Waals surface area contributed by atoms with E-state index in [-0.39, 0.29) is 11.6 Å². The number of aromatic nitrogens is 4. The first-order chi connectivity index (χ1) is 14.8. The molecule has 31 heavy (non-hydrogen) atoms. The Balaban J connectivity index is 1.61. The van der Waals surface area contributed by atoms with Gasteiger partial charge in [-0.2, -0.15) is 4.80 Å². The molecule has 1 saturated heterocycles. The summed E-state index contributed by atoms with van der Waals surface area (Å²) in [6.07, 6.45) is 0. The van der Waals surface area contributed by atoms with Gasteiger partial charge in [-0.1, -0.05) is 29.8 Å². The molecule has 1 aliphatic rings. The number of tetrazole rings is 1. The zero-order chi connectivity index (χ0) is 22.0. The normalized spacial score (nSPS) is 16.4. The third-order valence-electron chi connectivity index (χ3n) is 5.54. The maximum absolute atomic E-state index is 6.20. The van der Waals surface area contributed by atoms with Gasteiger partial charge in [0.25, 0.3) is 0 Å².